The lowest BCUT2D eigenvalue weighted by atomic mass is 9.93. The molecule has 1 aliphatic heterocycles. The Kier molecular flexibility index (Phi) is 8.33. The summed E-state index contributed by atoms with van der Waals surface area (Å²) < 4.78 is 5.51. The van der Waals surface area contributed by atoms with Crippen molar-refractivity contribution < 1.29 is 14.9 Å². The third-order valence-corrected chi connectivity index (χ3v) is 6.88. The Bertz CT molecular complexity index is 1300. The van der Waals surface area contributed by atoms with Crippen molar-refractivity contribution in [3.8, 4) is 11.8 Å². The molecular formula is C29H29ClN4O3. The van der Waals surface area contributed by atoms with E-state index in [1.807, 2.05) is 36.4 Å². The molecule has 7 nitrogen and oxygen atoms in total. The molecule has 1 fully saturated rings. The third-order valence-electron chi connectivity index (χ3n) is 6.63. The minimum Gasteiger partial charge on any atom is -0.491 e. The van der Waals surface area contributed by atoms with E-state index in [2.05, 4.69) is 20.7 Å². The molecule has 0 bridgehead atoms. The number of ether oxygens (including phenoxy) is 1. The Morgan fingerprint density at radius 2 is 1.86 bits per heavy atom. The van der Waals surface area contributed by atoms with Gasteiger partial charge in [-0.15, -0.1) is 0 Å². The topological polar surface area (TPSA) is 84.3 Å². The molecule has 3 aromatic carbocycles. The monoisotopic (exact) mass is 516 g/mol. The Labute approximate surface area is 222 Å². The van der Waals surface area contributed by atoms with Crippen LogP contribution in [-0.2, 0) is 5.60 Å². The van der Waals surface area contributed by atoms with Crippen molar-refractivity contribution >= 4 is 23.0 Å². The van der Waals surface area contributed by atoms with E-state index in [0.717, 1.165) is 16.8 Å². The molecule has 2 N–H and O–H groups in total. The minimum absolute atomic E-state index is 0.0809. The third kappa shape index (κ3) is 6.22. The zero-order valence-electron chi connectivity index (χ0n) is 20.6. The van der Waals surface area contributed by atoms with Crippen LogP contribution in [0.3, 0.4) is 0 Å². The van der Waals surface area contributed by atoms with Gasteiger partial charge in [0, 0.05) is 31.2 Å². The molecule has 1 aliphatic rings. The quantitative estimate of drug-likeness (QED) is 0.414. The smallest absolute Gasteiger partial charge is 0.187 e. The van der Waals surface area contributed by atoms with Gasteiger partial charge in [-0.3, -0.25) is 4.90 Å². The fourth-order valence-corrected chi connectivity index (χ4v) is 4.90. The molecule has 8 heteroatoms. The molecule has 0 radical (unpaired) electrons. The van der Waals surface area contributed by atoms with Crippen LogP contribution in [-0.4, -0.2) is 54.5 Å². The summed E-state index contributed by atoms with van der Waals surface area (Å²) in [6.07, 6.45) is 0. The van der Waals surface area contributed by atoms with Crippen molar-refractivity contribution in [2.75, 3.05) is 44.3 Å². The first kappa shape index (κ1) is 26.5. The van der Waals surface area contributed by atoms with Gasteiger partial charge >= 0.3 is 0 Å². The summed E-state index contributed by atoms with van der Waals surface area (Å²) in [6, 6.07) is 22.4. The SMILES string of the molecule is [C-]#[N+]c1ccc([C@](C)(O)CN2CCN(c3ccc(OCCO)cc3C#N)[C@H](c3ccc(Cl)cc3)C2)cc1. The van der Waals surface area contributed by atoms with Crippen molar-refractivity contribution in [1.29, 1.82) is 5.26 Å². The molecule has 3 aromatic rings. The van der Waals surface area contributed by atoms with Crippen molar-refractivity contribution in [2.45, 2.75) is 18.6 Å². The van der Waals surface area contributed by atoms with E-state index in [4.69, 9.17) is 28.0 Å². The highest BCUT2D eigenvalue weighted by Gasteiger charge is 2.34. The van der Waals surface area contributed by atoms with E-state index in [9.17, 15) is 10.4 Å². The molecule has 1 saturated heterocycles. The second-order valence-corrected chi connectivity index (χ2v) is 9.73. The van der Waals surface area contributed by atoms with Crippen molar-refractivity contribution in [2.24, 2.45) is 0 Å². The average molecular weight is 517 g/mol. The maximum Gasteiger partial charge on any atom is 0.187 e. The van der Waals surface area contributed by atoms with E-state index in [1.165, 1.54) is 0 Å². The number of piperazine rings is 1. The highest BCUT2D eigenvalue weighted by atomic mass is 35.5. The predicted octanol–water partition coefficient (Wildman–Crippen LogP) is 4.90. The van der Waals surface area contributed by atoms with Crippen LogP contribution in [0.5, 0.6) is 5.75 Å². The van der Waals surface area contributed by atoms with Crippen LogP contribution in [0, 0.1) is 17.9 Å². The Morgan fingerprint density at radius 1 is 1.14 bits per heavy atom. The van der Waals surface area contributed by atoms with Crippen LogP contribution in [0.1, 0.15) is 29.7 Å². The van der Waals surface area contributed by atoms with Gasteiger partial charge in [0.05, 0.1) is 36.1 Å². The number of aliphatic hydroxyl groups is 2. The van der Waals surface area contributed by atoms with Crippen LogP contribution < -0.4 is 9.64 Å². The van der Waals surface area contributed by atoms with Gasteiger partial charge in [-0.05, 0) is 48.4 Å². The van der Waals surface area contributed by atoms with Gasteiger partial charge in [-0.25, -0.2) is 4.85 Å². The molecule has 0 aliphatic carbocycles. The molecule has 0 unspecified atom stereocenters. The predicted molar refractivity (Wildman–Crippen MR) is 144 cm³/mol. The van der Waals surface area contributed by atoms with Gasteiger partial charge < -0.3 is 19.8 Å². The number of benzene rings is 3. The molecule has 4 rings (SSSR count). The molecule has 37 heavy (non-hydrogen) atoms. The summed E-state index contributed by atoms with van der Waals surface area (Å²) in [6.45, 7) is 11.4. The molecule has 0 spiro atoms. The second-order valence-electron chi connectivity index (χ2n) is 9.29. The molecule has 0 amide bonds. The normalized spacial score (nSPS) is 17.5. The number of hydrogen-bond donors (Lipinski definition) is 2. The van der Waals surface area contributed by atoms with Gasteiger partial charge in [-0.1, -0.05) is 48.0 Å². The maximum absolute atomic E-state index is 11.3. The lowest BCUT2D eigenvalue weighted by Gasteiger charge is -2.45. The Hall–Kier alpha value is -3.59. The van der Waals surface area contributed by atoms with Crippen LogP contribution in [0.15, 0.2) is 66.7 Å². The summed E-state index contributed by atoms with van der Waals surface area (Å²) in [7, 11) is 0. The lowest BCUT2D eigenvalue weighted by molar-refractivity contribution is 0.0103. The Balaban J connectivity index is 1.61. The van der Waals surface area contributed by atoms with E-state index in [1.54, 1.807) is 37.3 Å². The first-order valence-electron chi connectivity index (χ1n) is 12.1. The molecule has 1 heterocycles. The first-order chi connectivity index (χ1) is 17.8. The van der Waals surface area contributed by atoms with Crippen LogP contribution in [0.4, 0.5) is 11.4 Å². The van der Waals surface area contributed by atoms with Gasteiger partial charge in [0.25, 0.3) is 0 Å². The number of aliphatic hydroxyl groups excluding tert-OH is 1. The number of β-amino-alcohol motifs (C(OH)–C–C–N with tert-alkyl or cyclic N) is 1. The van der Waals surface area contributed by atoms with Crippen molar-refractivity contribution in [3.05, 3.63) is 99.9 Å². The summed E-state index contributed by atoms with van der Waals surface area (Å²) in [4.78, 5) is 7.87. The summed E-state index contributed by atoms with van der Waals surface area (Å²) in [5, 5.41) is 30.9. The number of nitriles is 1. The molecule has 0 aromatic heterocycles. The van der Waals surface area contributed by atoms with Crippen molar-refractivity contribution in [1.82, 2.24) is 4.90 Å². The fraction of sp³-hybridized carbons (Fsp3) is 0.310. The highest BCUT2D eigenvalue weighted by molar-refractivity contribution is 6.30. The molecule has 0 saturated carbocycles. The minimum atomic E-state index is -1.10. The standard InChI is InChI=1S/C29H29ClN4O3/c1-29(36,23-5-9-25(32-2)10-6-23)20-33-13-14-34(28(19-33)21-3-7-24(30)8-4-21)27-12-11-26(37-16-15-35)17-22(27)18-31/h3-12,17,28,35-36H,13-16,19-20H2,1H3/t28-,29+/m0/s1. The second kappa shape index (κ2) is 11.6. The lowest BCUT2D eigenvalue weighted by Crippen LogP contribution is -2.52. The summed E-state index contributed by atoms with van der Waals surface area (Å²) >= 11 is 6.17. The van der Waals surface area contributed by atoms with Gasteiger partial charge in [0.2, 0.25) is 0 Å². The summed E-state index contributed by atoms with van der Waals surface area (Å²) in [5.74, 6) is 0.538. The maximum atomic E-state index is 11.3. The van der Waals surface area contributed by atoms with Crippen molar-refractivity contribution in [3.63, 3.8) is 0 Å². The van der Waals surface area contributed by atoms with Gasteiger partial charge in [0.15, 0.2) is 5.69 Å². The molecular weight excluding hydrogens is 488 g/mol. The fourth-order valence-electron chi connectivity index (χ4n) is 4.77. The Morgan fingerprint density at radius 3 is 2.51 bits per heavy atom. The van der Waals surface area contributed by atoms with Crippen LogP contribution >= 0.6 is 11.6 Å². The average Bonchev–Trinajstić information content (AvgIpc) is 2.92. The largest absolute Gasteiger partial charge is 0.491 e. The zero-order chi connectivity index (χ0) is 26.4. The van der Waals surface area contributed by atoms with E-state index in [0.29, 0.717) is 48.2 Å². The number of halogens is 1. The van der Waals surface area contributed by atoms with Crippen LogP contribution in [0.2, 0.25) is 5.02 Å². The number of nitrogens with zero attached hydrogens (tertiary/aromatic N) is 4. The number of anilines is 1. The molecule has 2 atom stereocenters. The highest BCUT2D eigenvalue weighted by Crippen LogP contribution is 2.36. The molecule has 190 valence electrons. The number of hydrogen-bond acceptors (Lipinski definition) is 6. The summed E-state index contributed by atoms with van der Waals surface area (Å²) in [5.41, 5.74) is 2.55. The van der Waals surface area contributed by atoms with E-state index in [-0.39, 0.29) is 19.3 Å². The van der Waals surface area contributed by atoms with E-state index < -0.39 is 5.60 Å². The van der Waals surface area contributed by atoms with Crippen LogP contribution in [0.25, 0.3) is 4.85 Å². The number of rotatable bonds is 8. The first-order valence-corrected chi connectivity index (χ1v) is 12.4. The van der Waals surface area contributed by atoms with Gasteiger partial charge in [0.1, 0.15) is 18.4 Å². The van der Waals surface area contributed by atoms with E-state index >= 15 is 0 Å². The zero-order valence-corrected chi connectivity index (χ0v) is 21.4. The van der Waals surface area contributed by atoms with Gasteiger partial charge in [-0.2, -0.15) is 5.26 Å².